The molecule has 0 spiro atoms. The van der Waals surface area contributed by atoms with Gasteiger partial charge in [0.2, 0.25) is 0 Å². The predicted molar refractivity (Wildman–Crippen MR) is 69.0 cm³/mol. The predicted octanol–water partition coefficient (Wildman–Crippen LogP) is 4.49. The minimum absolute atomic E-state index is 0.0572. The minimum atomic E-state index is -4.39. The molecule has 0 bridgehead atoms. The average Bonchev–Trinajstić information content (AvgIpc) is 2.40. The zero-order valence-corrected chi connectivity index (χ0v) is 10.8. The smallest absolute Gasteiger partial charge is 0.258 e. The summed E-state index contributed by atoms with van der Waals surface area (Å²) < 4.78 is 37.9. The molecule has 0 aliphatic rings. The molecule has 2 nitrogen and oxygen atoms in total. The quantitative estimate of drug-likeness (QED) is 0.819. The second-order valence-corrected chi connectivity index (χ2v) is 4.47. The maximum atomic E-state index is 12.6. The van der Waals surface area contributed by atoms with E-state index < -0.39 is 11.7 Å². The molecule has 20 heavy (non-hydrogen) atoms. The molecule has 1 aromatic heterocycles. The van der Waals surface area contributed by atoms with Crippen LogP contribution in [0.1, 0.15) is 11.3 Å². The fraction of sp³-hybridized carbons (Fsp3) is 0.143. The molecule has 0 atom stereocenters. The lowest BCUT2D eigenvalue weighted by atomic mass is 10.0. The van der Waals surface area contributed by atoms with Crippen LogP contribution in [0, 0.1) is 11.3 Å². The highest BCUT2D eigenvalue weighted by molar-refractivity contribution is 6.31. The molecule has 1 heterocycles. The third-order valence-electron chi connectivity index (χ3n) is 2.69. The van der Waals surface area contributed by atoms with Crippen LogP contribution in [0.25, 0.3) is 11.1 Å². The molecule has 0 radical (unpaired) electrons. The van der Waals surface area contributed by atoms with Crippen LogP contribution in [0.3, 0.4) is 0 Å². The molecule has 102 valence electrons. The summed E-state index contributed by atoms with van der Waals surface area (Å²) in [5.41, 5.74) is 0.526. The number of pyridine rings is 1. The van der Waals surface area contributed by atoms with Gasteiger partial charge in [-0.2, -0.15) is 18.4 Å². The van der Waals surface area contributed by atoms with Gasteiger partial charge >= 0.3 is 6.18 Å². The molecule has 2 rings (SSSR count). The first-order valence-corrected chi connectivity index (χ1v) is 5.98. The maximum Gasteiger partial charge on any atom is 0.416 e. The van der Waals surface area contributed by atoms with E-state index in [1.165, 1.54) is 18.3 Å². The molecule has 0 aliphatic heterocycles. The molecule has 0 unspecified atom stereocenters. The molecule has 2 aromatic rings. The molecule has 6 heteroatoms. The number of alkyl halides is 3. The Hall–Kier alpha value is -2.06. The van der Waals surface area contributed by atoms with Gasteiger partial charge in [0, 0.05) is 11.8 Å². The van der Waals surface area contributed by atoms with Crippen molar-refractivity contribution in [1.29, 1.82) is 5.26 Å². The van der Waals surface area contributed by atoms with Crippen molar-refractivity contribution in [3.05, 3.63) is 52.8 Å². The summed E-state index contributed by atoms with van der Waals surface area (Å²) in [5, 5.41) is 8.85. The van der Waals surface area contributed by atoms with Gasteiger partial charge in [-0.1, -0.05) is 23.7 Å². The van der Waals surface area contributed by atoms with E-state index in [9.17, 15) is 13.2 Å². The van der Waals surface area contributed by atoms with Crippen molar-refractivity contribution in [2.24, 2.45) is 0 Å². The van der Waals surface area contributed by atoms with Gasteiger partial charge < -0.3 is 0 Å². The first-order chi connectivity index (χ1) is 9.41. The Morgan fingerprint density at radius 3 is 2.55 bits per heavy atom. The highest BCUT2D eigenvalue weighted by Crippen LogP contribution is 2.32. The van der Waals surface area contributed by atoms with Crippen molar-refractivity contribution >= 4 is 11.6 Å². The number of aromatic nitrogens is 1. The number of benzene rings is 1. The number of nitriles is 1. The number of hydrogen-bond acceptors (Lipinski definition) is 2. The van der Waals surface area contributed by atoms with Crippen molar-refractivity contribution < 1.29 is 13.2 Å². The Labute approximate surface area is 118 Å². The Balaban J connectivity index is 2.42. The number of nitrogens with zero attached hydrogens (tertiary/aromatic N) is 2. The van der Waals surface area contributed by atoms with Crippen LogP contribution in [0.15, 0.2) is 36.5 Å². The van der Waals surface area contributed by atoms with Crippen LogP contribution in [0.5, 0.6) is 0 Å². The number of halogens is 4. The third-order valence-corrected chi connectivity index (χ3v) is 3.01. The van der Waals surface area contributed by atoms with Gasteiger partial charge in [-0.3, -0.25) is 4.98 Å². The largest absolute Gasteiger partial charge is 0.416 e. The van der Waals surface area contributed by atoms with Gasteiger partial charge in [-0.15, -0.1) is 0 Å². The summed E-state index contributed by atoms with van der Waals surface area (Å²) in [4.78, 5) is 4.00. The molecule has 1 aromatic carbocycles. The van der Waals surface area contributed by atoms with E-state index in [1.807, 2.05) is 6.07 Å². The van der Waals surface area contributed by atoms with Gasteiger partial charge in [0.15, 0.2) is 0 Å². The monoisotopic (exact) mass is 296 g/mol. The summed E-state index contributed by atoms with van der Waals surface area (Å²) in [6, 6.07) is 8.35. The fourth-order valence-corrected chi connectivity index (χ4v) is 1.94. The summed E-state index contributed by atoms with van der Waals surface area (Å²) >= 11 is 5.95. The van der Waals surface area contributed by atoms with Gasteiger partial charge in [0.25, 0.3) is 0 Å². The maximum absolute atomic E-state index is 12.6. The average molecular weight is 297 g/mol. The molecule has 0 saturated heterocycles. The van der Waals surface area contributed by atoms with Crippen LogP contribution < -0.4 is 0 Å². The SMILES string of the molecule is N#CCc1ncc(-c2cccc(C(F)(F)F)c2)cc1Cl. The van der Waals surface area contributed by atoms with Crippen molar-refractivity contribution in [2.75, 3.05) is 0 Å². The van der Waals surface area contributed by atoms with Crippen LogP contribution in [-0.2, 0) is 12.6 Å². The van der Waals surface area contributed by atoms with Crippen molar-refractivity contribution in [3.8, 4) is 17.2 Å². The summed E-state index contributed by atoms with van der Waals surface area (Å²) in [6.07, 6.45) is -2.93. The van der Waals surface area contributed by atoms with Crippen LogP contribution in [-0.4, -0.2) is 4.98 Å². The molecule has 0 N–H and O–H groups in total. The van der Waals surface area contributed by atoms with Gasteiger partial charge in [-0.05, 0) is 23.8 Å². The fourth-order valence-electron chi connectivity index (χ4n) is 1.70. The Morgan fingerprint density at radius 2 is 1.95 bits per heavy atom. The Kier molecular flexibility index (Phi) is 3.96. The molecular weight excluding hydrogens is 289 g/mol. The van der Waals surface area contributed by atoms with Crippen LogP contribution >= 0.6 is 11.6 Å². The second-order valence-electron chi connectivity index (χ2n) is 4.07. The first-order valence-electron chi connectivity index (χ1n) is 5.61. The standard InChI is InChI=1S/C14H8ClF3N2/c15-12-7-10(8-20-13(12)4-5-19)9-2-1-3-11(6-9)14(16,17)18/h1-3,6-8H,4H2. The van der Waals surface area contributed by atoms with Gasteiger partial charge in [0.1, 0.15) is 0 Å². The van der Waals surface area contributed by atoms with E-state index in [0.29, 0.717) is 16.8 Å². The molecule has 0 amide bonds. The van der Waals surface area contributed by atoms with E-state index in [2.05, 4.69) is 4.98 Å². The summed E-state index contributed by atoms with van der Waals surface area (Å²) in [7, 11) is 0. The Bertz CT molecular complexity index is 675. The number of rotatable bonds is 2. The second kappa shape index (κ2) is 5.51. The van der Waals surface area contributed by atoms with E-state index in [4.69, 9.17) is 16.9 Å². The highest BCUT2D eigenvalue weighted by atomic mass is 35.5. The number of hydrogen-bond donors (Lipinski definition) is 0. The van der Waals surface area contributed by atoms with Crippen LogP contribution in [0.4, 0.5) is 13.2 Å². The lowest BCUT2D eigenvalue weighted by molar-refractivity contribution is -0.137. The summed E-state index contributed by atoms with van der Waals surface area (Å²) in [6.45, 7) is 0. The zero-order valence-electron chi connectivity index (χ0n) is 10.1. The first kappa shape index (κ1) is 14.4. The molecule has 0 saturated carbocycles. The van der Waals surface area contributed by atoms with E-state index in [1.54, 1.807) is 6.07 Å². The Morgan fingerprint density at radius 1 is 1.20 bits per heavy atom. The van der Waals surface area contributed by atoms with Crippen molar-refractivity contribution in [3.63, 3.8) is 0 Å². The lowest BCUT2D eigenvalue weighted by Gasteiger charge is -2.09. The van der Waals surface area contributed by atoms with E-state index in [-0.39, 0.29) is 11.4 Å². The van der Waals surface area contributed by atoms with Crippen molar-refractivity contribution in [2.45, 2.75) is 12.6 Å². The highest BCUT2D eigenvalue weighted by Gasteiger charge is 2.30. The molecule has 0 fully saturated rings. The third kappa shape index (κ3) is 3.09. The zero-order chi connectivity index (χ0) is 14.8. The summed E-state index contributed by atoms with van der Waals surface area (Å²) in [5.74, 6) is 0. The molecule has 0 aliphatic carbocycles. The normalized spacial score (nSPS) is 11.2. The van der Waals surface area contributed by atoms with Crippen LogP contribution in [0.2, 0.25) is 5.02 Å². The van der Waals surface area contributed by atoms with Crippen molar-refractivity contribution in [1.82, 2.24) is 4.98 Å². The minimum Gasteiger partial charge on any atom is -0.258 e. The lowest BCUT2D eigenvalue weighted by Crippen LogP contribution is -2.04. The topological polar surface area (TPSA) is 36.7 Å². The van der Waals surface area contributed by atoms with E-state index >= 15 is 0 Å². The van der Waals surface area contributed by atoms with Gasteiger partial charge in [0.05, 0.1) is 28.8 Å². The van der Waals surface area contributed by atoms with E-state index in [0.717, 1.165) is 12.1 Å². The molecular formula is C14H8ClF3N2. The van der Waals surface area contributed by atoms with Gasteiger partial charge in [-0.25, -0.2) is 0 Å².